The molecule has 0 bridgehead atoms. The van der Waals surface area contributed by atoms with Gasteiger partial charge in [-0.15, -0.1) is 0 Å². The van der Waals surface area contributed by atoms with E-state index in [-0.39, 0.29) is 59.4 Å². The van der Waals surface area contributed by atoms with Gasteiger partial charge >= 0.3 is 0 Å². The predicted octanol–water partition coefficient (Wildman–Crippen LogP) is 7.95. The van der Waals surface area contributed by atoms with Gasteiger partial charge in [0.15, 0.2) is 0 Å². The number of nitrogens with zero attached hydrogens (tertiary/aromatic N) is 4. The summed E-state index contributed by atoms with van der Waals surface area (Å²) in [6, 6.07) is 38.6. The van der Waals surface area contributed by atoms with Gasteiger partial charge in [-0.25, -0.2) is 0 Å². The second kappa shape index (κ2) is 17.7. The molecule has 2 fully saturated rings. The van der Waals surface area contributed by atoms with Gasteiger partial charge in [-0.2, -0.15) is 0 Å². The minimum absolute atomic E-state index is 0.0631. The Balaban J connectivity index is 1.05. The number of hydrogen-bond donors (Lipinski definition) is 0. The zero-order chi connectivity index (χ0) is 36.5. The molecule has 2 saturated heterocycles. The third kappa shape index (κ3) is 9.05. The third-order valence-corrected chi connectivity index (χ3v) is 11.6. The summed E-state index contributed by atoms with van der Waals surface area (Å²) >= 11 is 13.3. The van der Waals surface area contributed by atoms with E-state index in [1.807, 2.05) is 121 Å². The summed E-state index contributed by atoms with van der Waals surface area (Å²) in [4.78, 5) is 61.0. The number of carbonyl (C=O) groups is 4. The minimum Gasteiger partial charge on any atom is -0.308 e. The normalized spacial score (nSPS) is 15.8. The first-order valence-electron chi connectivity index (χ1n) is 16.9. The highest BCUT2D eigenvalue weighted by atomic mass is 32.2. The molecule has 0 radical (unpaired) electrons. The van der Waals surface area contributed by atoms with Crippen LogP contribution in [0.1, 0.15) is 36.8 Å². The molecule has 4 aromatic carbocycles. The first-order chi connectivity index (χ1) is 25.3. The largest absolute Gasteiger partial charge is 0.308 e. The molecule has 0 aromatic heterocycles. The molecule has 0 spiro atoms. The molecule has 4 aromatic rings. The molecule has 2 heterocycles. The molecule has 264 valence electrons. The van der Waals surface area contributed by atoms with Crippen molar-refractivity contribution in [3.8, 4) is 0 Å². The maximum absolute atomic E-state index is 13.6. The lowest BCUT2D eigenvalue weighted by Gasteiger charge is -2.24. The predicted molar refractivity (Wildman–Crippen MR) is 217 cm³/mol. The van der Waals surface area contributed by atoms with Crippen LogP contribution >= 0.6 is 48.0 Å². The fourth-order valence-electron chi connectivity index (χ4n) is 5.90. The second-order valence-corrected chi connectivity index (χ2v) is 15.4. The maximum atomic E-state index is 13.6. The van der Waals surface area contributed by atoms with E-state index in [9.17, 15) is 19.2 Å². The van der Waals surface area contributed by atoms with Crippen LogP contribution < -0.4 is 9.80 Å². The Morgan fingerprint density at radius 3 is 1.19 bits per heavy atom. The SMILES string of the molecule is O=C1/C(=C2\SC(=S)N(CCCC(=O)N(Cc3ccccc3)c3ccccc3)C2=O)SC(=S)N1CCCC(=O)N(Cc1ccccc1)c1ccccc1. The number of thiocarbonyl (C=S) groups is 2. The summed E-state index contributed by atoms with van der Waals surface area (Å²) in [5.74, 6) is -0.845. The van der Waals surface area contributed by atoms with Gasteiger partial charge < -0.3 is 9.80 Å². The molecule has 6 rings (SSSR count). The van der Waals surface area contributed by atoms with Gasteiger partial charge in [0.05, 0.1) is 22.9 Å². The summed E-state index contributed by atoms with van der Waals surface area (Å²) in [7, 11) is 0. The molecule has 0 atom stereocenters. The third-order valence-electron chi connectivity index (χ3n) is 8.55. The molecule has 2 aliphatic rings. The fraction of sp³-hybridized carbons (Fsp3) is 0.200. The molecule has 0 unspecified atom stereocenters. The highest BCUT2D eigenvalue weighted by Crippen LogP contribution is 2.42. The van der Waals surface area contributed by atoms with Crippen LogP contribution in [0.4, 0.5) is 11.4 Å². The summed E-state index contributed by atoms with van der Waals surface area (Å²) < 4.78 is 0.680. The van der Waals surface area contributed by atoms with Crippen molar-refractivity contribution in [2.45, 2.75) is 38.8 Å². The number of para-hydroxylation sites is 2. The quantitative estimate of drug-likeness (QED) is 0.0947. The Morgan fingerprint density at radius 1 is 0.519 bits per heavy atom. The average molecular weight is 765 g/mol. The lowest BCUT2D eigenvalue weighted by atomic mass is 10.1. The topological polar surface area (TPSA) is 81.2 Å². The molecule has 2 aliphatic heterocycles. The molecule has 0 saturated carbocycles. The Bertz CT molecular complexity index is 1840. The number of rotatable bonds is 14. The van der Waals surface area contributed by atoms with Crippen molar-refractivity contribution in [1.82, 2.24) is 9.80 Å². The van der Waals surface area contributed by atoms with Crippen LogP contribution in [-0.4, -0.2) is 55.2 Å². The number of carbonyl (C=O) groups excluding carboxylic acids is 4. The monoisotopic (exact) mass is 764 g/mol. The van der Waals surface area contributed by atoms with Crippen LogP contribution in [-0.2, 0) is 32.3 Å². The first-order valence-corrected chi connectivity index (χ1v) is 19.4. The lowest BCUT2D eigenvalue weighted by Crippen LogP contribution is -2.33. The molecular weight excluding hydrogens is 729 g/mol. The lowest BCUT2D eigenvalue weighted by molar-refractivity contribution is -0.125. The molecule has 0 aliphatic carbocycles. The van der Waals surface area contributed by atoms with Crippen molar-refractivity contribution < 1.29 is 19.2 Å². The van der Waals surface area contributed by atoms with E-state index in [1.54, 1.807) is 9.80 Å². The van der Waals surface area contributed by atoms with E-state index in [2.05, 4.69) is 0 Å². The zero-order valence-electron chi connectivity index (χ0n) is 28.3. The van der Waals surface area contributed by atoms with Gasteiger partial charge in [-0.3, -0.25) is 29.0 Å². The van der Waals surface area contributed by atoms with Crippen molar-refractivity contribution in [2.24, 2.45) is 0 Å². The summed E-state index contributed by atoms with van der Waals surface area (Å²) in [5, 5.41) is 0. The number of benzene rings is 4. The standard InChI is InChI=1S/C40H36N4O4S4/c45-33(43(31-19-9-3-10-20-31)27-29-15-5-1-6-16-29)23-13-25-41-37(47)35(51-39(41)49)36-38(48)42(40(50)52-36)26-14-24-34(46)44(32-21-11-4-12-22-32)28-30-17-7-2-8-18-30/h1-12,15-22H,13-14,23-28H2/b36-35+. The Kier molecular flexibility index (Phi) is 12.7. The van der Waals surface area contributed by atoms with Gasteiger partial charge in [0.25, 0.3) is 11.8 Å². The highest BCUT2D eigenvalue weighted by Gasteiger charge is 2.42. The van der Waals surface area contributed by atoms with E-state index in [1.165, 1.54) is 9.80 Å². The Hall–Kier alpha value is -4.62. The number of anilines is 2. The fourth-order valence-corrected chi connectivity index (χ4v) is 8.67. The molecule has 52 heavy (non-hydrogen) atoms. The number of amides is 4. The van der Waals surface area contributed by atoms with Crippen molar-refractivity contribution >= 4 is 91.6 Å². The molecule has 0 N–H and O–H groups in total. The van der Waals surface area contributed by atoms with Crippen LogP contribution in [0.5, 0.6) is 0 Å². The zero-order valence-corrected chi connectivity index (χ0v) is 31.5. The van der Waals surface area contributed by atoms with Gasteiger partial charge in [-0.05, 0) is 48.2 Å². The second-order valence-electron chi connectivity index (χ2n) is 12.1. The summed E-state index contributed by atoms with van der Waals surface area (Å²) in [5.41, 5.74) is 3.62. The van der Waals surface area contributed by atoms with Crippen molar-refractivity contribution in [1.29, 1.82) is 0 Å². The molecule has 12 heteroatoms. The van der Waals surface area contributed by atoms with Crippen molar-refractivity contribution in [3.63, 3.8) is 0 Å². The van der Waals surface area contributed by atoms with E-state index >= 15 is 0 Å². The Labute approximate surface area is 322 Å². The van der Waals surface area contributed by atoms with Crippen LogP contribution in [0.2, 0.25) is 0 Å². The van der Waals surface area contributed by atoms with Crippen LogP contribution in [0.3, 0.4) is 0 Å². The van der Waals surface area contributed by atoms with E-state index < -0.39 is 0 Å². The summed E-state index contributed by atoms with van der Waals surface area (Å²) in [6.45, 7) is 1.35. The molecule has 8 nitrogen and oxygen atoms in total. The van der Waals surface area contributed by atoms with E-state index in [0.29, 0.717) is 34.6 Å². The van der Waals surface area contributed by atoms with Crippen molar-refractivity contribution in [3.05, 3.63) is 142 Å². The maximum Gasteiger partial charge on any atom is 0.267 e. The van der Waals surface area contributed by atoms with Crippen LogP contribution in [0.15, 0.2) is 131 Å². The minimum atomic E-state index is -0.359. The smallest absolute Gasteiger partial charge is 0.267 e. The van der Waals surface area contributed by atoms with Crippen LogP contribution in [0, 0.1) is 0 Å². The highest BCUT2D eigenvalue weighted by molar-refractivity contribution is 8.29. The van der Waals surface area contributed by atoms with Gasteiger partial charge in [0, 0.05) is 37.3 Å². The van der Waals surface area contributed by atoms with Crippen LogP contribution in [0.25, 0.3) is 0 Å². The van der Waals surface area contributed by atoms with Gasteiger partial charge in [-0.1, -0.05) is 145 Å². The first kappa shape index (κ1) is 37.1. The average Bonchev–Trinajstić information content (AvgIpc) is 3.62. The Morgan fingerprint density at radius 2 is 0.846 bits per heavy atom. The van der Waals surface area contributed by atoms with Gasteiger partial charge in [0.2, 0.25) is 11.8 Å². The summed E-state index contributed by atoms with van der Waals surface area (Å²) in [6.07, 6.45) is 1.22. The van der Waals surface area contributed by atoms with E-state index in [4.69, 9.17) is 24.4 Å². The van der Waals surface area contributed by atoms with Crippen molar-refractivity contribution in [2.75, 3.05) is 22.9 Å². The number of thioether (sulfide) groups is 2. The molecular formula is C40H36N4O4S4. The number of hydrogen-bond acceptors (Lipinski definition) is 8. The van der Waals surface area contributed by atoms with E-state index in [0.717, 1.165) is 46.0 Å². The molecule has 4 amide bonds. The van der Waals surface area contributed by atoms with Gasteiger partial charge in [0.1, 0.15) is 8.64 Å².